The van der Waals surface area contributed by atoms with Gasteiger partial charge in [-0.15, -0.1) is 0 Å². The van der Waals surface area contributed by atoms with E-state index in [1.807, 2.05) is 6.20 Å². The van der Waals surface area contributed by atoms with Crippen LogP contribution in [0.25, 0.3) is 0 Å². The summed E-state index contributed by atoms with van der Waals surface area (Å²) in [5.74, 6) is 4.12. The summed E-state index contributed by atoms with van der Waals surface area (Å²) >= 11 is 0. The highest BCUT2D eigenvalue weighted by Gasteiger charge is 2.53. The fourth-order valence-electron chi connectivity index (χ4n) is 4.96. The minimum absolute atomic E-state index is 0.747. The molecule has 18 heavy (non-hydrogen) atoms. The molecular formula is C15H21N3. The van der Waals surface area contributed by atoms with Crippen molar-refractivity contribution in [2.75, 3.05) is 0 Å². The van der Waals surface area contributed by atoms with Crippen LogP contribution in [0, 0.1) is 23.7 Å². The van der Waals surface area contributed by atoms with Crippen molar-refractivity contribution in [1.82, 2.24) is 15.3 Å². The Kier molecular flexibility index (Phi) is 2.61. The number of fused-ring (bicyclic) bond motifs is 5. The van der Waals surface area contributed by atoms with E-state index >= 15 is 0 Å². The third-order valence-corrected chi connectivity index (χ3v) is 5.59. The smallest absolute Gasteiger partial charge is 0.0724 e. The second-order valence-electron chi connectivity index (χ2n) is 6.34. The van der Waals surface area contributed by atoms with Crippen molar-refractivity contribution in [2.45, 2.75) is 44.7 Å². The van der Waals surface area contributed by atoms with Gasteiger partial charge in [0.2, 0.25) is 0 Å². The molecule has 1 heterocycles. The lowest BCUT2D eigenvalue weighted by atomic mass is 9.79. The van der Waals surface area contributed by atoms with Gasteiger partial charge in [-0.3, -0.25) is 9.97 Å². The van der Waals surface area contributed by atoms with Crippen LogP contribution >= 0.6 is 0 Å². The maximum absolute atomic E-state index is 4.34. The SMILES string of the molecule is c1cnc(CNC2CC3CC2C2CCCC32)cn1. The highest BCUT2D eigenvalue weighted by Crippen LogP contribution is 2.58. The predicted molar refractivity (Wildman–Crippen MR) is 69.7 cm³/mol. The molecule has 3 aliphatic carbocycles. The number of aromatic nitrogens is 2. The van der Waals surface area contributed by atoms with Gasteiger partial charge in [-0.2, -0.15) is 0 Å². The van der Waals surface area contributed by atoms with Gasteiger partial charge in [0.25, 0.3) is 0 Å². The van der Waals surface area contributed by atoms with Gasteiger partial charge < -0.3 is 5.32 Å². The molecule has 3 saturated carbocycles. The summed E-state index contributed by atoms with van der Waals surface area (Å²) in [5, 5.41) is 3.74. The van der Waals surface area contributed by atoms with Gasteiger partial charge in [0.15, 0.2) is 0 Å². The second kappa shape index (κ2) is 4.30. The van der Waals surface area contributed by atoms with Crippen molar-refractivity contribution in [2.24, 2.45) is 23.7 Å². The number of nitrogens with zero attached hydrogens (tertiary/aromatic N) is 2. The molecule has 96 valence electrons. The fraction of sp³-hybridized carbons (Fsp3) is 0.733. The third kappa shape index (κ3) is 1.68. The van der Waals surface area contributed by atoms with Crippen molar-refractivity contribution in [3.05, 3.63) is 24.3 Å². The van der Waals surface area contributed by atoms with Crippen molar-refractivity contribution in [3.63, 3.8) is 0 Å². The van der Waals surface area contributed by atoms with Crippen molar-refractivity contribution < 1.29 is 0 Å². The fourth-order valence-corrected chi connectivity index (χ4v) is 4.96. The Hall–Kier alpha value is -0.960. The van der Waals surface area contributed by atoms with Crippen molar-refractivity contribution in [3.8, 4) is 0 Å². The molecule has 5 unspecified atom stereocenters. The summed E-state index contributed by atoms with van der Waals surface area (Å²) in [5.41, 5.74) is 1.07. The first-order valence-electron chi connectivity index (χ1n) is 7.40. The molecule has 0 saturated heterocycles. The van der Waals surface area contributed by atoms with Crippen LogP contribution in [-0.4, -0.2) is 16.0 Å². The van der Waals surface area contributed by atoms with Crippen molar-refractivity contribution in [1.29, 1.82) is 0 Å². The minimum atomic E-state index is 0.747. The molecular weight excluding hydrogens is 222 g/mol. The first kappa shape index (κ1) is 10.9. The highest BCUT2D eigenvalue weighted by atomic mass is 15.0. The number of rotatable bonds is 3. The molecule has 0 aliphatic heterocycles. The van der Waals surface area contributed by atoms with E-state index < -0.39 is 0 Å². The second-order valence-corrected chi connectivity index (χ2v) is 6.34. The molecule has 0 radical (unpaired) electrons. The Bertz CT molecular complexity index is 419. The lowest BCUT2D eigenvalue weighted by molar-refractivity contribution is 0.207. The molecule has 0 amide bonds. The minimum Gasteiger partial charge on any atom is -0.308 e. The average Bonchev–Trinajstić information content (AvgIpc) is 3.09. The zero-order valence-corrected chi connectivity index (χ0v) is 10.8. The van der Waals surface area contributed by atoms with Gasteiger partial charge in [-0.05, 0) is 49.4 Å². The van der Waals surface area contributed by atoms with Crippen LogP contribution in [0.1, 0.15) is 37.8 Å². The lowest BCUT2D eigenvalue weighted by Gasteiger charge is -2.32. The lowest BCUT2D eigenvalue weighted by Crippen LogP contribution is -2.39. The Balaban J connectivity index is 1.40. The Morgan fingerprint density at radius 2 is 2.06 bits per heavy atom. The summed E-state index contributed by atoms with van der Waals surface area (Å²) < 4.78 is 0. The molecule has 3 nitrogen and oxygen atoms in total. The standard InChI is InChI=1S/C15H21N3/c1-2-12-10-6-14(13(12)3-1)15(7-10)18-9-11-8-16-4-5-17-11/h4-5,8,10,12-15,18H,1-3,6-7,9H2. The molecule has 2 bridgehead atoms. The first-order chi connectivity index (χ1) is 8.92. The molecule has 4 rings (SSSR count). The largest absolute Gasteiger partial charge is 0.308 e. The number of nitrogens with one attached hydrogen (secondary N) is 1. The van der Waals surface area contributed by atoms with Gasteiger partial charge in [-0.1, -0.05) is 6.42 Å². The summed E-state index contributed by atoms with van der Waals surface area (Å²) in [4.78, 5) is 8.47. The van der Waals surface area contributed by atoms with Gasteiger partial charge >= 0.3 is 0 Å². The van der Waals surface area contributed by atoms with E-state index in [1.54, 1.807) is 12.4 Å². The van der Waals surface area contributed by atoms with E-state index in [2.05, 4.69) is 15.3 Å². The molecule has 1 aromatic rings. The molecule has 0 spiro atoms. The van der Waals surface area contributed by atoms with Crippen LogP contribution in [0.4, 0.5) is 0 Å². The molecule has 1 aromatic heterocycles. The Morgan fingerprint density at radius 3 is 2.94 bits per heavy atom. The van der Waals surface area contributed by atoms with Gasteiger partial charge in [-0.25, -0.2) is 0 Å². The summed E-state index contributed by atoms with van der Waals surface area (Å²) in [6.07, 6.45) is 12.8. The summed E-state index contributed by atoms with van der Waals surface area (Å²) in [7, 11) is 0. The Morgan fingerprint density at radius 1 is 1.11 bits per heavy atom. The molecule has 5 atom stereocenters. The summed E-state index contributed by atoms with van der Waals surface area (Å²) in [6, 6.07) is 0.747. The van der Waals surface area contributed by atoms with E-state index in [4.69, 9.17) is 0 Å². The van der Waals surface area contributed by atoms with E-state index in [1.165, 1.54) is 32.1 Å². The zero-order chi connectivity index (χ0) is 11.9. The maximum atomic E-state index is 4.34. The highest BCUT2D eigenvalue weighted by molar-refractivity contribution is 5.06. The van der Waals surface area contributed by atoms with Crippen LogP contribution in [0.5, 0.6) is 0 Å². The van der Waals surface area contributed by atoms with Crippen LogP contribution < -0.4 is 5.32 Å². The van der Waals surface area contributed by atoms with E-state index in [9.17, 15) is 0 Å². The van der Waals surface area contributed by atoms with Crippen molar-refractivity contribution >= 4 is 0 Å². The third-order valence-electron chi connectivity index (χ3n) is 5.59. The Labute approximate surface area is 108 Å². The molecule has 1 N–H and O–H groups in total. The van der Waals surface area contributed by atoms with Gasteiger partial charge in [0, 0.05) is 31.2 Å². The van der Waals surface area contributed by atoms with E-state index in [-0.39, 0.29) is 0 Å². The topological polar surface area (TPSA) is 37.8 Å². The molecule has 3 heteroatoms. The first-order valence-corrected chi connectivity index (χ1v) is 7.40. The summed E-state index contributed by atoms with van der Waals surface area (Å²) in [6.45, 7) is 0.888. The molecule has 3 aliphatic rings. The monoisotopic (exact) mass is 243 g/mol. The van der Waals surface area contributed by atoms with Gasteiger partial charge in [0.1, 0.15) is 0 Å². The zero-order valence-electron chi connectivity index (χ0n) is 10.8. The average molecular weight is 243 g/mol. The molecule has 3 fully saturated rings. The quantitative estimate of drug-likeness (QED) is 0.885. The van der Waals surface area contributed by atoms with E-state index in [0.29, 0.717) is 0 Å². The van der Waals surface area contributed by atoms with Crippen LogP contribution in [-0.2, 0) is 6.54 Å². The molecule has 0 aromatic carbocycles. The number of hydrogen-bond acceptors (Lipinski definition) is 3. The normalized spacial score (nSPS) is 41.2. The predicted octanol–water partition coefficient (Wildman–Crippen LogP) is 2.39. The number of hydrogen-bond donors (Lipinski definition) is 1. The van der Waals surface area contributed by atoms with Crippen LogP contribution in [0.3, 0.4) is 0 Å². The van der Waals surface area contributed by atoms with Crippen LogP contribution in [0.2, 0.25) is 0 Å². The van der Waals surface area contributed by atoms with E-state index in [0.717, 1.165) is 42.0 Å². The van der Waals surface area contributed by atoms with Crippen LogP contribution in [0.15, 0.2) is 18.6 Å². The van der Waals surface area contributed by atoms with Gasteiger partial charge in [0.05, 0.1) is 5.69 Å². The maximum Gasteiger partial charge on any atom is 0.0724 e.